The van der Waals surface area contributed by atoms with Crippen molar-refractivity contribution in [2.24, 2.45) is 0 Å². The molecule has 7 heteroatoms. The van der Waals surface area contributed by atoms with E-state index in [2.05, 4.69) is 5.32 Å². The third kappa shape index (κ3) is 4.86. The molecule has 1 aromatic rings. The zero-order valence-electron chi connectivity index (χ0n) is 12.4. The van der Waals surface area contributed by atoms with Gasteiger partial charge in [-0.05, 0) is 32.0 Å². The second-order valence-corrected chi connectivity index (χ2v) is 6.59. The van der Waals surface area contributed by atoms with Crippen LogP contribution in [0.4, 0.5) is 0 Å². The number of amides is 2. The molecular weight excluding hydrogens is 292 g/mol. The Balaban J connectivity index is 2.98. The molecule has 116 valence electrons. The normalized spacial score (nSPS) is 11.0. The van der Waals surface area contributed by atoms with Crippen LogP contribution >= 0.6 is 0 Å². The molecular formula is C14H20N2O4S. The number of likely N-dealkylation sites (N-methyl/N-ethyl adjacent to an activating group) is 2. The number of nitrogens with zero attached hydrogens (tertiary/aromatic N) is 1. The van der Waals surface area contributed by atoms with E-state index in [0.29, 0.717) is 13.1 Å². The van der Waals surface area contributed by atoms with E-state index in [1.54, 1.807) is 13.8 Å². The van der Waals surface area contributed by atoms with Crippen LogP contribution < -0.4 is 5.32 Å². The quantitative estimate of drug-likeness (QED) is 0.837. The minimum Gasteiger partial charge on any atom is -0.355 e. The van der Waals surface area contributed by atoms with Crippen molar-refractivity contribution >= 4 is 21.7 Å². The van der Waals surface area contributed by atoms with Gasteiger partial charge in [-0.3, -0.25) is 9.59 Å². The highest BCUT2D eigenvalue weighted by atomic mass is 32.2. The molecule has 0 radical (unpaired) electrons. The van der Waals surface area contributed by atoms with Crippen molar-refractivity contribution in [2.75, 3.05) is 25.9 Å². The van der Waals surface area contributed by atoms with Gasteiger partial charge in [0.1, 0.15) is 0 Å². The van der Waals surface area contributed by atoms with Gasteiger partial charge in [0.05, 0.1) is 11.4 Å². The summed E-state index contributed by atoms with van der Waals surface area (Å²) in [6.45, 7) is 4.36. The molecule has 0 aliphatic rings. The average molecular weight is 312 g/mol. The number of nitrogens with one attached hydrogen (secondary N) is 1. The van der Waals surface area contributed by atoms with Crippen molar-refractivity contribution in [3.05, 3.63) is 29.8 Å². The van der Waals surface area contributed by atoms with Crippen molar-refractivity contribution in [3.8, 4) is 0 Å². The predicted molar refractivity (Wildman–Crippen MR) is 79.8 cm³/mol. The molecule has 0 spiro atoms. The van der Waals surface area contributed by atoms with E-state index in [-0.39, 0.29) is 28.8 Å². The van der Waals surface area contributed by atoms with E-state index in [1.807, 2.05) is 0 Å². The van der Waals surface area contributed by atoms with Crippen LogP contribution in [0.1, 0.15) is 24.2 Å². The topological polar surface area (TPSA) is 83.6 Å². The Hall–Kier alpha value is -1.89. The van der Waals surface area contributed by atoms with Crippen molar-refractivity contribution < 1.29 is 18.0 Å². The van der Waals surface area contributed by atoms with E-state index in [9.17, 15) is 18.0 Å². The molecule has 1 rings (SSSR count). The third-order valence-corrected chi connectivity index (χ3v) is 4.00. The fourth-order valence-electron chi connectivity index (χ4n) is 1.80. The molecule has 0 aliphatic carbocycles. The van der Waals surface area contributed by atoms with Crippen LogP contribution in [0.15, 0.2) is 29.2 Å². The molecule has 1 N–H and O–H groups in total. The number of rotatable bonds is 6. The predicted octanol–water partition coefficient (Wildman–Crippen LogP) is 0.688. The largest absolute Gasteiger partial charge is 0.355 e. The van der Waals surface area contributed by atoms with Gasteiger partial charge in [-0.25, -0.2) is 8.42 Å². The maximum absolute atomic E-state index is 12.3. The van der Waals surface area contributed by atoms with E-state index in [1.165, 1.54) is 29.2 Å². The van der Waals surface area contributed by atoms with Gasteiger partial charge in [0.2, 0.25) is 5.91 Å². The fourth-order valence-corrected chi connectivity index (χ4v) is 2.46. The summed E-state index contributed by atoms with van der Waals surface area (Å²) >= 11 is 0. The monoisotopic (exact) mass is 312 g/mol. The fraction of sp³-hybridized carbons (Fsp3) is 0.429. The van der Waals surface area contributed by atoms with Gasteiger partial charge >= 0.3 is 0 Å². The Morgan fingerprint density at radius 3 is 2.43 bits per heavy atom. The lowest BCUT2D eigenvalue weighted by atomic mass is 10.2. The number of benzene rings is 1. The molecule has 0 aliphatic heterocycles. The molecule has 21 heavy (non-hydrogen) atoms. The second-order valence-electron chi connectivity index (χ2n) is 4.57. The second kappa shape index (κ2) is 7.21. The van der Waals surface area contributed by atoms with E-state index in [0.717, 1.165) is 6.26 Å². The highest BCUT2D eigenvalue weighted by Crippen LogP contribution is 2.13. The molecule has 6 nitrogen and oxygen atoms in total. The molecule has 0 saturated carbocycles. The summed E-state index contributed by atoms with van der Waals surface area (Å²) in [5.41, 5.74) is 0.254. The summed E-state index contributed by atoms with van der Waals surface area (Å²) in [4.78, 5) is 25.4. The first-order chi connectivity index (χ1) is 9.79. The zero-order valence-corrected chi connectivity index (χ0v) is 13.2. The molecule has 0 atom stereocenters. The van der Waals surface area contributed by atoms with Crippen molar-refractivity contribution in [2.45, 2.75) is 18.7 Å². The van der Waals surface area contributed by atoms with Crippen LogP contribution in [-0.2, 0) is 14.6 Å². The standard InChI is InChI=1S/C14H20N2O4S/c1-4-15-13(17)10-16(5-2)14(18)11-7-6-8-12(9-11)21(3,19)20/h6-9H,4-5,10H2,1-3H3,(H,15,17). The van der Waals surface area contributed by atoms with Gasteiger partial charge in [0.25, 0.3) is 5.91 Å². The van der Waals surface area contributed by atoms with Crippen LogP contribution in [0.2, 0.25) is 0 Å². The molecule has 0 bridgehead atoms. The van der Waals surface area contributed by atoms with E-state index >= 15 is 0 Å². The summed E-state index contributed by atoms with van der Waals surface area (Å²) in [6, 6.07) is 5.82. The van der Waals surface area contributed by atoms with Crippen molar-refractivity contribution in [3.63, 3.8) is 0 Å². The average Bonchev–Trinajstić information content (AvgIpc) is 2.43. The first-order valence-electron chi connectivity index (χ1n) is 6.65. The third-order valence-electron chi connectivity index (χ3n) is 2.89. The number of sulfone groups is 1. The lowest BCUT2D eigenvalue weighted by molar-refractivity contribution is -0.121. The summed E-state index contributed by atoms with van der Waals surface area (Å²) in [5.74, 6) is -0.610. The maximum Gasteiger partial charge on any atom is 0.254 e. The maximum atomic E-state index is 12.3. The molecule has 0 heterocycles. The van der Waals surface area contributed by atoms with Gasteiger partial charge < -0.3 is 10.2 Å². The Kier molecular flexibility index (Phi) is 5.90. The summed E-state index contributed by atoms with van der Waals surface area (Å²) in [5, 5.41) is 2.62. The number of carbonyl (C=O) groups excluding carboxylic acids is 2. The number of hydrogen-bond acceptors (Lipinski definition) is 4. The smallest absolute Gasteiger partial charge is 0.254 e. The first kappa shape index (κ1) is 17.2. The molecule has 0 saturated heterocycles. The van der Waals surface area contributed by atoms with Crippen LogP contribution in [-0.4, -0.2) is 51.0 Å². The SMILES string of the molecule is CCNC(=O)CN(CC)C(=O)c1cccc(S(C)(=O)=O)c1. The van der Waals surface area contributed by atoms with E-state index < -0.39 is 9.84 Å². The molecule has 0 fully saturated rings. The van der Waals surface area contributed by atoms with Gasteiger partial charge in [-0.2, -0.15) is 0 Å². The lowest BCUT2D eigenvalue weighted by Gasteiger charge is -2.20. The van der Waals surface area contributed by atoms with Crippen LogP contribution in [0.5, 0.6) is 0 Å². The molecule has 1 aromatic carbocycles. The number of carbonyl (C=O) groups is 2. The Morgan fingerprint density at radius 1 is 1.24 bits per heavy atom. The summed E-state index contributed by atoms with van der Waals surface area (Å²) in [6.07, 6.45) is 1.09. The molecule has 2 amide bonds. The highest BCUT2D eigenvalue weighted by molar-refractivity contribution is 7.90. The first-order valence-corrected chi connectivity index (χ1v) is 8.54. The van der Waals surface area contributed by atoms with Gasteiger partial charge in [-0.1, -0.05) is 6.07 Å². The van der Waals surface area contributed by atoms with Crippen LogP contribution in [0.3, 0.4) is 0 Å². The number of hydrogen-bond donors (Lipinski definition) is 1. The minimum absolute atomic E-state index is 0.0493. The van der Waals surface area contributed by atoms with Gasteiger partial charge in [0.15, 0.2) is 9.84 Å². The van der Waals surface area contributed by atoms with Crippen LogP contribution in [0, 0.1) is 0 Å². The molecule has 0 aromatic heterocycles. The highest BCUT2D eigenvalue weighted by Gasteiger charge is 2.18. The van der Waals surface area contributed by atoms with Crippen LogP contribution in [0.25, 0.3) is 0 Å². The lowest BCUT2D eigenvalue weighted by Crippen LogP contribution is -2.40. The molecule has 0 unspecified atom stereocenters. The van der Waals surface area contributed by atoms with Gasteiger partial charge in [-0.15, -0.1) is 0 Å². The van der Waals surface area contributed by atoms with Crippen molar-refractivity contribution in [1.29, 1.82) is 0 Å². The Labute approximate surface area is 125 Å². The van der Waals surface area contributed by atoms with Gasteiger partial charge in [0, 0.05) is 24.9 Å². The Bertz CT molecular complexity index is 626. The van der Waals surface area contributed by atoms with Crippen molar-refractivity contribution in [1.82, 2.24) is 10.2 Å². The van der Waals surface area contributed by atoms with E-state index in [4.69, 9.17) is 0 Å². The summed E-state index contributed by atoms with van der Waals surface area (Å²) in [7, 11) is -3.37. The summed E-state index contributed by atoms with van der Waals surface area (Å²) < 4.78 is 23.0. The Morgan fingerprint density at radius 2 is 1.90 bits per heavy atom. The minimum atomic E-state index is -3.37. The zero-order chi connectivity index (χ0) is 16.0.